The van der Waals surface area contributed by atoms with Crippen LogP contribution < -0.4 is 5.32 Å². The topological polar surface area (TPSA) is 73.2 Å². The van der Waals surface area contributed by atoms with E-state index in [1.54, 1.807) is 23.1 Å². The maximum Gasteiger partial charge on any atom is 0.471 e. The van der Waals surface area contributed by atoms with Crippen molar-refractivity contribution in [3.8, 4) is 0 Å². The smallest absolute Gasteiger partial charge is 0.464 e. The van der Waals surface area contributed by atoms with Crippen LogP contribution in [-0.4, -0.2) is 40.3 Å². The molecule has 1 heterocycles. The summed E-state index contributed by atoms with van der Waals surface area (Å²) >= 11 is 0. The average Bonchev–Trinajstić information content (AvgIpc) is 2.82. The Morgan fingerprint density at radius 1 is 1.45 bits per heavy atom. The molecule has 1 amide bonds. The van der Waals surface area contributed by atoms with Crippen molar-refractivity contribution in [2.24, 2.45) is 7.05 Å². The van der Waals surface area contributed by atoms with E-state index in [1.807, 2.05) is 6.92 Å². The highest BCUT2D eigenvalue weighted by atomic mass is 19.4. The lowest BCUT2D eigenvalue weighted by molar-refractivity contribution is -0.175. The van der Waals surface area contributed by atoms with Gasteiger partial charge in [-0.1, -0.05) is 13.3 Å². The van der Waals surface area contributed by atoms with Gasteiger partial charge < -0.3 is 14.6 Å². The van der Waals surface area contributed by atoms with Crippen LogP contribution in [0.4, 0.5) is 13.2 Å². The second-order valence-corrected chi connectivity index (χ2v) is 4.78. The number of nitrogens with zero attached hydrogens (tertiary/aromatic N) is 2. The molecule has 0 aromatic carbocycles. The van der Waals surface area contributed by atoms with E-state index in [4.69, 9.17) is 4.74 Å². The normalized spacial score (nSPS) is 12.8. The van der Waals surface area contributed by atoms with E-state index >= 15 is 0 Å². The number of unbranched alkanes of at least 4 members (excludes halogenated alkanes) is 1. The van der Waals surface area contributed by atoms with Crippen molar-refractivity contribution in [3.63, 3.8) is 0 Å². The van der Waals surface area contributed by atoms with E-state index in [0.29, 0.717) is 12.1 Å². The zero-order chi connectivity index (χ0) is 16.8. The number of halogens is 3. The summed E-state index contributed by atoms with van der Waals surface area (Å²) in [6.45, 7) is 1.97. The van der Waals surface area contributed by atoms with E-state index in [9.17, 15) is 22.8 Å². The fourth-order valence-electron chi connectivity index (χ4n) is 1.63. The van der Waals surface area contributed by atoms with Gasteiger partial charge >= 0.3 is 18.1 Å². The Bertz CT molecular complexity index is 514. The van der Waals surface area contributed by atoms with Crippen LogP contribution in [0.5, 0.6) is 0 Å². The number of imidazole rings is 1. The first-order valence-corrected chi connectivity index (χ1v) is 6.75. The summed E-state index contributed by atoms with van der Waals surface area (Å²) in [6, 6.07) is -1.43. The number of aryl methyl sites for hydroxylation is 1. The van der Waals surface area contributed by atoms with Gasteiger partial charge in [-0.2, -0.15) is 13.2 Å². The Balaban J connectivity index is 2.75. The van der Waals surface area contributed by atoms with Gasteiger partial charge in [-0.3, -0.25) is 4.79 Å². The molecule has 1 rings (SSSR count). The second kappa shape index (κ2) is 7.81. The summed E-state index contributed by atoms with van der Waals surface area (Å²) in [5.74, 6) is -3.09. The fourth-order valence-corrected chi connectivity index (χ4v) is 1.63. The van der Waals surface area contributed by atoms with E-state index < -0.39 is 24.1 Å². The highest BCUT2D eigenvalue weighted by Gasteiger charge is 2.41. The van der Waals surface area contributed by atoms with E-state index in [1.165, 1.54) is 6.33 Å². The minimum atomic E-state index is -5.06. The van der Waals surface area contributed by atoms with Gasteiger partial charge in [0.25, 0.3) is 0 Å². The summed E-state index contributed by atoms with van der Waals surface area (Å²) in [5, 5.41) is 1.65. The molecule has 0 aliphatic heterocycles. The summed E-state index contributed by atoms with van der Waals surface area (Å²) < 4.78 is 43.5. The maximum atomic E-state index is 12.3. The van der Waals surface area contributed by atoms with Crippen LogP contribution in [0.2, 0.25) is 0 Å². The van der Waals surface area contributed by atoms with Crippen molar-refractivity contribution in [1.82, 2.24) is 14.9 Å². The number of esters is 1. The maximum absolute atomic E-state index is 12.3. The highest BCUT2D eigenvalue weighted by Crippen LogP contribution is 2.15. The molecule has 1 aromatic rings. The summed E-state index contributed by atoms with van der Waals surface area (Å²) in [7, 11) is 1.68. The standard InChI is InChI=1S/C13H18F3N3O3/c1-3-4-5-22-11(20)10(18-12(21)13(14,15)16)6-9-7-19(2)8-17-9/h7-8,10H,3-6H2,1-2H3,(H,18,21)/t10-/m1/s1. The highest BCUT2D eigenvalue weighted by molar-refractivity contribution is 5.87. The molecule has 124 valence electrons. The first kappa shape index (κ1) is 18.0. The van der Waals surface area contributed by atoms with Crippen LogP contribution in [0.1, 0.15) is 25.5 Å². The molecule has 1 atom stereocenters. The largest absolute Gasteiger partial charge is 0.471 e. The molecule has 9 heteroatoms. The van der Waals surface area contributed by atoms with Crippen LogP contribution >= 0.6 is 0 Å². The molecule has 0 saturated heterocycles. The molecule has 1 aromatic heterocycles. The third-order valence-corrected chi connectivity index (χ3v) is 2.76. The van der Waals surface area contributed by atoms with Gasteiger partial charge in [-0.25, -0.2) is 9.78 Å². The van der Waals surface area contributed by atoms with Crippen molar-refractivity contribution in [2.45, 2.75) is 38.4 Å². The number of rotatable bonds is 7. The van der Waals surface area contributed by atoms with Crippen molar-refractivity contribution in [1.29, 1.82) is 0 Å². The number of amides is 1. The molecule has 22 heavy (non-hydrogen) atoms. The number of aromatic nitrogens is 2. The van der Waals surface area contributed by atoms with Crippen LogP contribution in [0.25, 0.3) is 0 Å². The number of nitrogens with one attached hydrogen (secondary N) is 1. The summed E-state index contributed by atoms with van der Waals surface area (Å²) in [6.07, 6.45) is -0.880. The van der Waals surface area contributed by atoms with Gasteiger partial charge in [0.2, 0.25) is 0 Å². The number of ether oxygens (including phenoxy) is 1. The first-order chi connectivity index (χ1) is 10.2. The predicted molar refractivity (Wildman–Crippen MR) is 70.8 cm³/mol. The number of carbonyl (C=O) groups excluding carboxylic acids is 2. The zero-order valence-electron chi connectivity index (χ0n) is 12.3. The SMILES string of the molecule is CCCCOC(=O)[C@@H](Cc1cn(C)cn1)NC(=O)C(F)(F)F. The molecule has 0 saturated carbocycles. The van der Waals surface area contributed by atoms with Crippen molar-refractivity contribution in [3.05, 3.63) is 18.2 Å². The lowest BCUT2D eigenvalue weighted by Crippen LogP contribution is -2.48. The van der Waals surface area contributed by atoms with Crippen molar-refractivity contribution >= 4 is 11.9 Å². The minimum absolute atomic E-state index is 0.0932. The van der Waals surface area contributed by atoms with E-state index in [0.717, 1.165) is 6.42 Å². The minimum Gasteiger partial charge on any atom is -0.464 e. The third kappa shape index (κ3) is 5.74. The van der Waals surface area contributed by atoms with E-state index in [-0.39, 0.29) is 13.0 Å². The Morgan fingerprint density at radius 2 is 2.14 bits per heavy atom. The molecule has 0 bridgehead atoms. The number of hydrogen-bond acceptors (Lipinski definition) is 4. The molecule has 0 unspecified atom stereocenters. The van der Waals surface area contributed by atoms with E-state index in [2.05, 4.69) is 4.98 Å². The van der Waals surface area contributed by atoms with Crippen LogP contribution in [-0.2, 0) is 27.8 Å². The number of carbonyl (C=O) groups is 2. The number of hydrogen-bond donors (Lipinski definition) is 1. The molecule has 0 fully saturated rings. The Morgan fingerprint density at radius 3 is 2.64 bits per heavy atom. The Hall–Kier alpha value is -2.06. The van der Waals surface area contributed by atoms with Gasteiger partial charge in [0.1, 0.15) is 6.04 Å². The second-order valence-electron chi connectivity index (χ2n) is 4.78. The van der Waals surface area contributed by atoms with Gasteiger partial charge in [-0.05, 0) is 6.42 Å². The van der Waals surface area contributed by atoms with Crippen LogP contribution in [0.15, 0.2) is 12.5 Å². The monoisotopic (exact) mass is 321 g/mol. The van der Waals surface area contributed by atoms with Gasteiger partial charge in [-0.15, -0.1) is 0 Å². The summed E-state index contributed by atoms with van der Waals surface area (Å²) in [4.78, 5) is 26.8. The van der Waals surface area contributed by atoms with Crippen LogP contribution in [0, 0.1) is 0 Å². The molecule has 1 N–H and O–H groups in total. The number of alkyl halides is 3. The quantitative estimate of drug-likeness (QED) is 0.608. The molecule has 0 aliphatic rings. The fraction of sp³-hybridized carbons (Fsp3) is 0.615. The van der Waals surface area contributed by atoms with Gasteiger partial charge in [0, 0.05) is 19.7 Å². The summed E-state index contributed by atoms with van der Waals surface area (Å²) in [5.41, 5.74) is 0.377. The van der Waals surface area contributed by atoms with Crippen molar-refractivity contribution < 1.29 is 27.5 Å². The predicted octanol–water partition coefficient (Wildman–Crippen LogP) is 1.35. The van der Waals surface area contributed by atoms with Gasteiger partial charge in [0.15, 0.2) is 0 Å². The first-order valence-electron chi connectivity index (χ1n) is 6.75. The molecule has 0 spiro atoms. The molecular weight excluding hydrogens is 303 g/mol. The molecule has 0 aliphatic carbocycles. The lowest BCUT2D eigenvalue weighted by atomic mass is 10.1. The molecule has 6 nitrogen and oxygen atoms in total. The molecule has 0 radical (unpaired) electrons. The van der Waals surface area contributed by atoms with Crippen LogP contribution in [0.3, 0.4) is 0 Å². The lowest BCUT2D eigenvalue weighted by Gasteiger charge is -2.17. The third-order valence-electron chi connectivity index (χ3n) is 2.76. The Kier molecular flexibility index (Phi) is 6.39. The Labute approximate surface area is 125 Å². The van der Waals surface area contributed by atoms with Gasteiger partial charge in [0.05, 0.1) is 18.6 Å². The zero-order valence-corrected chi connectivity index (χ0v) is 12.3. The van der Waals surface area contributed by atoms with Crippen molar-refractivity contribution in [2.75, 3.05) is 6.61 Å². The molecular formula is C13H18F3N3O3. The average molecular weight is 321 g/mol.